The second-order valence-electron chi connectivity index (χ2n) is 2.72. The number of rotatable bonds is 4. The van der Waals surface area contributed by atoms with E-state index in [1.165, 1.54) is 0 Å². The second-order valence-corrected chi connectivity index (χ2v) is 3.61. The van der Waals surface area contributed by atoms with Crippen molar-refractivity contribution in [2.45, 2.75) is 6.42 Å². The van der Waals surface area contributed by atoms with Crippen LogP contribution in [-0.2, 0) is 11.2 Å². The van der Waals surface area contributed by atoms with E-state index in [9.17, 15) is 4.79 Å². The molecule has 0 heterocycles. The highest BCUT2D eigenvalue weighted by atomic mass is 79.9. The Kier molecular flexibility index (Phi) is 3.95. The van der Waals surface area contributed by atoms with Gasteiger partial charge in [0.1, 0.15) is 0 Å². The standard InChI is InChI=1S/C10H11BrO3/c1-13-8-4-3-7(6-10(11)12)5-9(8)14-2/h3-5H,6H2,1-2H3. The summed E-state index contributed by atoms with van der Waals surface area (Å²) in [5.41, 5.74) is 0.893. The van der Waals surface area contributed by atoms with Crippen LogP contribution in [0.2, 0.25) is 0 Å². The van der Waals surface area contributed by atoms with Crippen LogP contribution in [0, 0.1) is 0 Å². The number of hydrogen-bond acceptors (Lipinski definition) is 3. The summed E-state index contributed by atoms with van der Waals surface area (Å²) in [7, 11) is 3.14. The molecule has 76 valence electrons. The van der Waals surface area contributed by atoms with Crippen molar-refractivity contribution in [1.82, 2.24) is 0 Å². The van der Waals surface area contributed by atoms with Crippen molar-refractivity contribution in [2.75, 3.05) is 14.2 Å². The lowest BCUT2D eigenvalue weighted by Crippen LogP contribution is -1.95. The summed E-state index contributed by atoms with van der Waals surface area (Å²) in [6.07, 6.45) is 0.348. The van der Waals surface area contributed by atoms with E-state index in [-0.39, 0.29) is 4.69 Å². The van der Waals surface area contributed by atoms with Gasteiger partial charge in [0.25, 0.3) is 0 Å². The first-order valence-corrected chi connectivity index (χ1v) is 4.86. The van der Waals surface area contributed by atoms with E-state index in [0.29, 0.717) is 17.9 Å². The summed E-state index contributed by atoms with van der Waals surface area (Å²) in [5.74, 6) is 1.30. The van der Waals surface area contributed by atoms with Crippen LogP contribution in [0.4, 0.5) is 0 Å². The van der Waals surface area contributed by atoms with E-state index < -0.39 is 0 Å². The number of ether oxygens (including phenoxy) is 2. The van der Waals surface area contributed by atoms with E-state index in [1.54, 1.807) is 26.4 Å². The van der Waals surface area contributed by atoms with Gasteiger partial charge in [-0.25, -0.2) is 0 Å². The molecule has 0 aliphatic rings. The number of hydrogen-bond donors (Lipinski definition) is 0. The van der Waals surface area contributed by atoms with Gasteiger partial charge in [-0.3, -0.25) is 4.79 Å². The maximum absolute atomic E-state index is 10.8. The first-order chi connectivity index (χ1) is 6.67. The van der Waals surface area contributed by atoms with Gasteiger partial charge >= 0.3 is 0 Å². The molecule has 0 aliphatic heterocycles. The van der Waals surface area contributed by atoms with Gasteiger partial charge in [-0.1, -0.05) is 6.07 Å². The summed E-state index contributed by atoms with van der Waals surface area (Å²) >= 11 is 2.88. The van der Waals surface area contributed by atoms with Crippen LogP contribution in [-0.4, -0.2) is 18.9 Å². The molecular formula is C10H11BrO3. The normalized spacial score (nSPS) is 9.64. The first kappa shape index (κ1) is 11.0. The summed E-state index contributed by atoms with van der Waals surface area (Å²) in [6.45, 7) is 0. The Morgan fingerprint density at radius 1 is 1.29 bits per heavy atom. The average molecular weight is 259 g/mol. The smallest absolute Gasteiger partial charge is 0.202 e. The lowest BCUT2D eigenvalue weighted by atomic mass is 10.1. The fraction of sp³-hybridized carbons (Fsp3) is 0.300. The molecule has 0 atom stereocenters. The quantitative estimate of drug-likeness (QED) is 0.777. The van der Waals surface area contributed by atoms with Crippen molar-refractivity contribution in [2.24, 2.45) is 0 Å². The zero-order valence-corrected chi connectivity index (χ0v) is 9.63. The van der Waals surface area contributed by atoms with E-state index in [1.807, 2.05) is 6.07 Å². The molecule has 0 saturated heterocycles. The van der Waals surface area contributed by atoms with Gasteiger partial charge in [-0.2, -0.15) is 0 Å². The lowest BCUT2D eigenvalue weighted by Gasteiger charge is -2.08. The maximum atomic E-state index is 10.8. The van der Waals surface area contributed by atoms with Gasteiger partial charge < -0.3 is 9.47 Å². The van der Waals surface area contributed by atoms with Gasteiger partial charge in [-0.15, -0.1) is 0 Å². The molecule has 0 unspecified atom stereocenters. The molecule has 1 aromatic rings. The van der Waals surface area contributed by atoms with Crippen LogP contribution in [0.1, 0.15) is 5.56 Å². The first-order valence-electron chi connectivity index (χ1n) is 4.06. The number of carbonyl (C=O) groups is 1. The van der Waals surface area contributed by atoms with E-state index in [4.69, 9.17) is 9.47 Å². The molecular weight excluding hydrogens is 248 g/mol. The lowest BCUT2D eigenvalue weighted by molar-refractivity contribution is -0.109. The molecule has 14 heavy (non-hydrogen) atoms. The fourth-order valence-electron chi connectivity index (χ4n) is 1.15. The van der Waals surface area contributed by atoms with E-state index in [2.05, 4.69) is 15.9 Å². The van der Waals surface area contributed by atoms with E-state index in [0.717, 1.165) is 5.56 Å². The Morgan fingerprint density at radius 2 is 1.93 bits per heavy atom. The summed E-state index contributed by atoms with van der Waals surface area (Å²) in [4.78, 5) is 10.8. The molecule has 4 heteroatoms. The van der Waals surface area contributed by atoms with Crippen LogP contribution >= 0.6 is 15.9 Å². The highest BCUT2D eigenvalue weighted by Crippen LogP contribution is 2.27. The Balaban J connectivity index is 2.95. The van der Waals surface area contributed by atoms with Crippen LogP contribution < -0.4 is 9.47 Å². The molecule has 0 amide bonds. The van der Waals surface area contributed by atoms with Crippen molar-refractivity contribution in [3.8, 4) is 11.5 Å². The maximum Gasteiger partial charge on any atom is 0.202 e. The van der Waals surface area contributed by atoms with Gasteiger partial charge in [0.05, 0.1) is 14.2 Å². The van der Waals surface area contributed by atoms with Crippen molar-refractivity contribution < 1.29 is 14.3 Å². The third kappa shape index (κ3) is 2.73. The number of carbonyl (C=O) groups excluding carboxylic acids is 1. The third-order valence-electron chi connectivity index (χ3n) is 1.79. The van der Waals surface area contributed by atoms with Crippen LogP contribution in [0.25, 0.3) is 0 Å². The van der Waals surface area contributed by atoms with Gasteiger partial charge in [0.2, 0.25) is 4.69 Å². The molecule has 0 bridgehead atoms. The Bertz CT molecular complexity index is 336. The van der Waals surface area contributed by atoms with Crippen LogP contribution in [0.15, 0.2) is 18.2 Å². The molecule has 3 nitrogen and oxygen atoms in total. The van der Waals surface area contributed by atoms with Crippen molar-refractivity contribution in [3.63, 3.8) is 0 Å². The third-order valence-corrected chi connectivity index (χ3v) is 2.07. The number of methoxy groups -OCH3 is 2. The van der Waals surface area contributed by atoms with E-state index >= 15 is 0 Å². The van der Waals surface area contributed by atoms with Crippen molar-refractivity contribution in [1.29, 1.82) is 0 Å². The largest absolute Gasteiger partial charge is 0.493 e. The van der Waals surface area contributed by atoms with Crippen LogP contribution in [0.5, 0.6) is 11.5 Å². The van der Waals surface area contributed by atoms with Crippen LogP contribution in [0.3, 0.4) is 0 Å². The zero-order valence-electron chi connectivity index (χ0n) is 8.04. The Hall–Kier alpha value is -1.03. The van der Waals surface area contributed by atoms with Gasteiger partial charge in [-0.05, 0) is 33.6 Å². The van der Waals surface area contributed by atoms with Gasteiger partial charge in [0.15, 0.2) is 11.5 Å². The fourth-order valence-corrected chi connectivity index (χ4v) is 1.47. The minimum atomic E-state index is -0.0512. The topological polar surface area (TPSA) is 35.5 Å². The monoisotopic (exact) mass is 258 g/mol. The molecule has 0 fully saturated rings. The zero-order chi connectivity index (χ0) is 10.6. The summed E-state index contributed by atoms with van der Waals surface area (Å²) < 4.78 is 10.1. The van der Waals surface area contributed by atoms with Crippen molar-refractivity contribution in [3.05, 3.63) is 23.8 Å². The molecule has 0 saturated carbocycles. The molecule has 0 N–H and O–H groups in total. The highest BCUT2D eigenvalue weighted by molar-refractivity contribution is 9.18. The summed E-state index contributed by atoms with van der Waals surface area (Å²) in [6, 6.07) is 5.41. The molecule has 0 spiro atoms. The SMILES string of the molecule is COc1ccc(CC(=O)Br)cc1OC. The number of halogens is 1. The van der Waals surface area contributed by atoms with Gasteiger partial charge in [0, 0.05) is 6.42 Å². The minimum Gasteiger partial charge on any atom is -0.493 e. The Labute approximate surface area is 91.1 Å². The predicted octanol–water partition coefficient (Wildman–Crippen LogP) is 2.17. The predicted molar refractivity (Wildman–Crippen MR) is 57.2 cm³/mol. The number of benzene rings is 1. The molecule has 1 rings (SSSR count). The molecule has 0 aliphatic carbocycles. The molecule has 1 aromatic carbocycles. The summed E-state index contributed by atoms with van der Waals surface area (Å²) in [5, 5.41) is 0. The molecule has 0 aromatic heterocycles. The molecule has 0 radical (unpaired) electrons. The second kappa shape index (κ2) is 5.00. The van der Waals surface area contributed by atoms with Crippen molar-refractivity contribution >= 4 is 20.6 Å². The Morgan fingerprint density at radius 3 is 2.43 bits per heavy atom. The highest BCUT2D eigenvalue weighted by Gasteiger charge is 2.06. The minimum absolute atomic E-state index is 0.0512. The average Bonchev–Trinajstić information content (AvgIpc) is 2.16.